The summed E-state index contributed by atoms with van der Waals surface area (Å²) >= 11 is 0. The summed E-state index contributed by atoms with van der Waals surface area (Å²) in [6.07, 6.45) is 0. The maximum absolute atomic E-state index is 12.6. The van der Waals surface area contributed by atoms with Crippen LogP contribution >= 0.6 is 0 Å². The quantitative estimate of drug-likeness (QED) is 0.858. The van der Waals surface area contributed by atoms with E-state index in [-0.39, 0.29) is 5.91 Å². The highest BCUT2D eigenvalue weighted by Crippen LogP contribution is 2.36. The molecule has 0 aromatic heterocycles. The summed E-state index contributed by atoms with van der Waals surface area (Å²) in [4.78, 5) is 38.6. The monoisotopic (exact) mass is 352 g/mol. The van der Waals surface area contributed by atoms with Crippen LogP contribution in [0.15, 0.2) is 42.5 Å². The third-order valence-electron chi connectivity index (χ3n) is 4.15. The van der Waals surface area contributed by atoms with Crippen molar-refractivity contribution >= 4 is 29.1 Å². The summed E-state index contributed by atoms with van der Waals surface area (Å²) < 4.78 is 5.36. The Labute approximate surface area is 151 Å². The number of fused-ring (bicyclic) bond motifs is 1. The van der Waals surface area contributed by atoms with Crippen LogP contribution in [0.2, 0.25) is 0 Å². The lowest BCUT2D eigenvalue weighted by Gasteiger charge is -2.20. The number of carbonyl (C=O) groups excluding carboxylic acids is 3. The average Bonchev–Trinajstić information content (AvgIpc) is 2.85. The van der Waals surface area contributed by atoms with Gasteiger partial charge in [0.2, 0.25) is 5.91 Å². The van der Waals surface area contributed by atoms with E-state index in [2.05, 4.69) is 5.32 Å². The lowest BCUT2D eigenvalue weighted by atomic mass is 9.95. The second kappa shape index (κ2) is 6.29. The Morgan fingerprint density at radius 3 is 2.08 bits per heavy atom. The molecule has 1 aliphatic rings. The minimum atomic E-state index is -0.547. The van der Waals surface area contributed by atoms with Crippen LogP contribution in [0.25, 0.3) is 0 Å². The van der Waals surface area contributed by atoms with Crippen molar-refractivity contribution in [1.29, 1.82) is 0 Å². The molecule has 0 bridgehead atoms. The number of benzene rings is 2. The van der Waals surface area contributed by atoms with Crippen molar-refractivity contribution < 1.29 is 19.1 Å². The Hall–Kier alpha value is -3.15. The number of methoxy groups -OCH3 is 1. The minimum absolute atomic E-state index is 0.145. The molecular weight excluding hydrogens is 332 g/mol. The molecular formula is C20H20N2O4. The van der Waals surface area contributed by atoms with Crippen molar-refractivity contribution in [3.05, 3.63) is 53.6 Å². The van der Waals surface area contributed by atoms with Crippen molar-refractivity contribution in [1.82, 2.24) is 0 Å². The van der Waals surface area contributed by atoms with Gasteiger partial charge in [0.1, 0.15) is 5.75 Å². The van der Waals surface area contributed by atoms with Crippen LogP contribution in [0, 0.1) is 5.41 Å². The predicted octanol–water partition coefficient (Wildman–Crippen LogP) is 3.48. The van der Waals surface area contributed by atoms with Crippen LogP contribution in [0.4, 0.5) is 11.4 Å². The van der Waals surface area contributed by atoms with Gasteiger partial charge < -0.3 is 10.1 Å². The van der Waals surface area contributed by atoms with Gasteiger partial charge in [-0.25, -0.2) is 4.90 Å². The lowest BCUT2D eigenvalue weighted by Crippen LogP contribution is -2.30. The molecule has 0 spiro atoms. The molecule has 3 amide bonds. The Morgan fingerprint density at radius 1 is 1.00 bits per heavy atom. The maximum atomic E-state index is 12.6. The number of hydrogen-bond donors (Lipinski definition) is 1. The molecule has 0 unspecified atom stereocenters. The molecule has 3 rings (SSSR count). The Bertz CT molecular complexity index is 877. The highest BCUT2D eigenvalue weighted by Gasteiger charge is 2.37. The first kappa shape index (κ1) is 17.7. The van der Waals surface area contributed by atoms with Crippen molar-refractivity contribution in [3.8, 4) is 5.75 Å². The van der Waals surface area contributed by atoms with Crippen LogP contribution in [-0.4, -0.2) is 24.8 Å². The van der Waals surface area contributed by atoms with Gasteiger partial charge in [-0.2, -0.15) is 0 Å². The van der Waals surface area contributed by atoms with Gasteiger partial charge in [-0.15, -0.1) is 0 Å². The van der Waals surface area contributed by atoms with Crippen LogP contribution in [0.5, 0.6) is 5.75 Å². The molecule has 0 saturated carbocycles. The summed E-state index contributed by atoms with van der Waals surface area (Å²) in [5.74, 6) is -0.606. The molecule has 0 radical (unpaired) electrons. The van der Waals surface area contributed by atoms with E-state index in [4.69, 9.17) is 4.74 Å². The number of hydrogen-bond acceptors (Lipinski definition) is 4. The maximum Gasteiger partial charge on any atom is 0.266 e. The average molecular weight is 352 g/mol. The minimum Gasteiger partial charge on any atom is -0.494 e. The van der Waals surface area contributed by atoms with Gasteiger partial charge in [0, 0.05) is 17.2 Å². The molecule has 0 saturated heterocycles. The van der Waals surface area contributed by atoms with E-state index in [1.165, 1.54) is 7.11 Å². The summed E-state index contributed by atoms with van der Waals surface area (Å²) in [5.41, 5.74) is 1.05. The molecule has 0 fully saturated rings. The van der Waals surface area contributed by atoms with Gasteiger partial charge in [-0.05, 0) is 24.3 Å². The van der Waals surface area contributed by atoms with Gasteiger partial charge in [0.05, 0.1) is 23.9 Å². The second-order valence-electron chi connectivity index (χ2n) is 7.08. The fourth-order valence-electron chi connectivity index (χ4n) is 2.67. The zero-order valence-corrected chi connectivity index (χ0v) is 15.1. The number of nitrogens with zero attached hydrogens (tertiary/aromatic N) is 1. The van der Waals surface area contributed by atoms with E-state index >= 15 is 0 Å². The summed E-state index contributed by atoms with van der Waals surface area (Å²) in [7, 11) is 1.45. The van der Waals surface area contributed by atoms with E-state index in [9.17, 15) is 14.4 Å². The summed E-state index contributed by atoms with van der Waals surface area (Å²) in [5, 5.41) is 2.81. The number of anilines is 2. The summed E-state index contributed by atoms with van der Waals surface area (Å²) in [6.45, 7) is 5.44. The first-order valence-corrected chi connectivity index (χ1v) is 8.21. The third-order valence-corrected chi connectivity index (χ3v) is 4.15. The van der Waals surface area contributed by atoms with Gasteiger partial charge in [0.15, 0.2) is 0 Å². The molecule has 6 heteroatoms. The van der Waals surface area contributed by atoms with E-state index in [0.717, 1.165) is 4.90 Å². The van der Waals surface area contributed by atoms with Crippen molar-refractivity contribution in [2.75, 3.05) is 17.3 Å². The first-order valence-electron chi connectivity index (χ1n) is 8.21. The highest BCUT2D eigenvalue weighted by molar-refractivity contribution is 6.34. The van der Waals surface area contributed by atoms with Gasteiger partial charge >= 0.3 is 0 Å². The predicted molar refractivity (Wildman–Crippen MR) is 98.7 cm³/mol. The number of nitrogens with one attached hydrogen (secondary N) is 1. The standard InChI is InChI=1S/C20H20N2O4/c1-20(2,3)19(25)21-12-9-10-15(16(11-12)26-4)22-17(23)13-7-5-6-8-14(13)18(22)24/h5-11H,1-4H3,(H,21,25). The molecule has 1 N–H and O–H groups in total. The number of rotatable bonds is 3. The van der Waals surface area contributed by atoms with Gasteiger partial charge in [-0.1, -0.05) is 32.9 Å². The van der Waals surface area contributed by atoms with Crippen LogP contribution in [0.3, 0.4) is 0 Å². The smallest absolute Gasteiger partial charge is 0.266 e. The van der Waals surface area contributed by atoms with Crippen molar-refractivity contribution in [2.24, 2.45) is 5.41 Å². The van der Waals surface area contributed by atoms with E-state index in [0.29, 0.717) is 28.3 Å². The molecule has 0 atom stereocenters. The van der Waals surface area contributed by atoms with E-state index in [1.807, 2.05) is 20.8 Å². The highest BCUT2D eigenvalue weighted by atomic mass is 16.5. The van der Waals surface area contributed by atoms with Gasteiger partial charge in [-0.3, -0.25) is 14.4 Å². The first-order chi connectivity index (χ1) is 12.2. The molecule has 1 aliphatic heterocycles. The molecule has 6 nitrogen and oxygen atoms in total. The Kier molecular flexibility index (Phi) is 4.28. The number of ether oxygens (including phenoxy) is 1. The summed E-state index contributed by atoms with van der Waals surface area (Å²) in [6, 6.07) is 11.5. The Morgan fingerprint density at radius 2 is 1.58 bits per heavy atom. The number of carbonyl (C=O) groups is 3. The topological polar surface area (TPSA) is 75.7 Å². The van der Waals surface area contributed by atoms with Crippen molar-refractivity contribution in [3.63, 3.8) is 0 Å². The zero-order chi connectivity index (χ0) is 19.1. The fraction of sp³-hybridized carbons (Fsp3) is 0.250. The molecule has 1 heterocycles. The third kappa shape index (κ3) is 2.94. The van der Waals surface area contributed by atoms with Crippen LogP contribution in [-0.2, 0) is 4.79 Å². The molecule has 26 heavy (non-hydrogen) atoms. The SMILES string of the molecule is COc1cc(NC(=O)C(C)(C)C)ccc1N1C(=O)c2ccccc2C1=O. The van der Waals surface area contributed by atoms with Crippen LogP contribution < -0.4 is 15.0 Å². The molecule has 2 aromatic rings. The molecule has 0 aliphatic carbocycles. The number of imide groups is 1. The normalized spacial score (nSPS) is 13.6. The molecule has 2 aromatic carbocycles. The fourth-order valence-corrected chi connectivity index (χ4v) is 2.67. The van der Waals surface area contributed by atoms with Crippen molar-refractivity contribution in [2.45, 2.75) is 20.8 Å². The van der Waals surface area contributed by atoms with E-state index < -0.39 is 17.2 Å². The Balaban J connectivity index is 1.96. The number of amides is 3. The second-order valence-corrected chi connectivity index (χ2v) is 7.08. The van der Waals surface area contributed by atoms with E-state index in [1.54, 1.807) is 42.5 Å². The van der Waals surface area contributed by atoms with Crippen LogP contribution in [0.1, 0.15) is 41.5 Å². The lowest BCUT2D eigenvalue weighted by molar-refractivity contribution is -0.123. The largest absolute Gasteiger partial charge is 0.494 e. The van der Waals surface area contributed by atoms with Gasteiger partial charge in [0.25, 0.3) is 11.8 Å². The molecule has 134 valence electrons. The zero-order valence-electron chi connectivity index (χ0n) is 15.1.